The van der Waals surface area contributed by atoms with Crippen molar-refractivity contribution in [2.75, 3.05) is 13.6 Å². The fraction of sp³-hybridized carbons (Fsp3) is 0.467. The molecular weight excluding hydrogens is 316 g/mol. The average molecular weight is 334 g/mol. The first kappa shape index (κ1) is 15.7. The van der Waals surface area contributed by atoms with Gasteiger partial charge in [-0.15, -0.1) is 11.3 Å². The smallest absolute Gasteiger partial charge is 0.273 e. The van der Waals surface area contributed by atoms with Crippen LogP contribution in [-0.4, -0.2) is 44.5 Å². The van der Waals surface area contributed by atoms with Crippen molar-refractivity contribution in [2.45, 2.75) is 32.1 Å². The maximum Gasteiger partial charge on any atom is 0.273 e. The SMILES string of the molecule is Cc1c(O)nc(CCN(C)C(=O)c2csc(C3CC3)n2)[nH]c1=O. The number of H-pyrrole nitrogens is 1. The Morgan fingerprint density at radius 1 is 1.48 bits per heavy atom. The number of likely N-dealkylation sites (N-methyl/N-ethyl adjacent to an activating group) is 1. The second-order valence-corrected chi connectivity index (χ2v) is 6.67. The van der Waals surface area contributed by atoms with Crippen LogP contribution in [0.1, 0.15) is 45.6 Å². The van der Waals surface area contributed by atoms with Crippen molar-refractivity contribution in [3.05, 3.63) is 37.8 Å². The van der Waals surface area contributed by atoms with E-state index in [-0.39, 0.29) is 22.9 Å². The number of aromatic hydroxyl groups is 1. The lowest BCUT2D eigenvalue weighted by Gasteiger charge is -2.15. The van der Waals surface area contributed by atoms with Crippen LogP contribution in [0.3, 0.4) is 0 Å². The minimum absolute atomic E-state index is 0.146. The predicted molar refractivity (Wildman–Crippen MR) is 86.0 cm³/mol. The number of rotatable bonds is 5. The van der Waals surface area contributed by atoms with E-state index in [9.17, 15) is 14.7 Å². The number of thiazole rings is 1. The standard InChI is InChI=1S/C15H18N4O3S/c1-8-12(20)17-11(18-13(8)21)5-6-19(2)15(22)10-7-23-14(16-10)9-3-4-9/h7,9H,3-6H2,1-2H3,(H2,17,18,20,21). The number of aromatic amines is 1. The molecule has 3 rings (SSSR count). The zero-order chi connectivity index (χ0) is 16.6. The van der Waals surface area contributed by atoms with Gasteiger partial charge >= 0.3 is 0 Å². The average Bonchev–Trinajstić information content (AvgIpc) is 3.26. The molecule has 2 heterocycles. The van der Waals surface area contributed by atoms with E-state index in [0.717, 1.165) is 17.8 Å². The quantitative estimate of drug-likeness (QED) is 0.862. The first-order valence-electron chi connectivity index (χ1n) is 7.45. The molecule has 0 aliphatic heterocycles. The van der Waals surface area contributed by atoms with E-state index in [4.69, 9.17) is 0 Å². The summed E-state index contributed by atoms with van der Waals surface area (Å²) in [7, 11) is 1.69. The Morgan fingerprint density at radius 3 is 2.87 bits per heavy atom. The molecule has 2 aromatic rings. The molecule has 0 aromatic carbocycles. The van der Waals surface area contributed by atoms with Crippen molar-refractivity contribution in [2.24, 2.45) is 0 Å². The van der Waals surface area contributed by atoms with Gasteiger partial charge < -0.3 is 15.0 Å². The first-order valence-corrected chi connectivity index (χ1v) is 8.33. The van der Waals surface area contributed by atoms with Gasteiger partial charge in [-0.25, -0.2) is 9.97 Å². The van der Waals surface area contributed by atoms with Gasteiger partial charge in [-0.05, 0) is 19.8 Å². The summed E-state index contributed by atoms with van der Waals surface area (Å²) in [6, 6.07) is 0. The van der Waals surface area contributed by atoms with E-state index >= 15 is 0 Å². The van der Waals surface area contributed by atoms with Crippen LogP contribution in [0.5, 0.6) is 5.88 Å². The van der Waals surface area contributed by atoms with Crippen LogP contribution in [0.2, 0.25) is 0 Å². The Labute approximate surface area is 137 Å². The number of amides is 1. The number of carbonyl (C=O) groups excluding carboxylic acids is 1. The number of hydrogen-bond donors (Lipinski definition) is 2. The molecule has 7 nitrogen and oxygen atoms in total. The Bertz CT molecular complexity index is 794. The molecule has 2 aromatic heterocycles. The van der Waals surface area contributed by atoms with Crippen LogP contribution >= 0.6 is 11.3 Å². The summed E-state index contributed by atoms with van der Waals surface area (Å²) in [6.45, 7) is 1.88. The monoisotopic (exact) mass is 334 g/mol. The number of nitrogens with zero attached hydrogens (tertiary/aromatic N) is 3. The van der Waals surface area contributed by atoms with E-state index in [1.165, 1.54) is 18.3 Å². The highest BCUT2D eigenvalue weighted by molar-refractivity contribution is 7.10. The van der Waals surface area contributed by atoms with Crippen molar-refractivity contribution in [3.63, 3.8) is 0 Å². The lowest BCUT2D eigenvalue weighted by atomic mass is 10.3. The van der Waals surface area contributed by atoms with Crippen LogP contribution < -0.4 is 5.56 Å². The summed E-state index contributed by atoms with van der Waals surface area (Å²) in [5.74, 6) is 0.476. The molecule has 1 aliphatic carbocycles. The third kappa shape index (κ3) is 3.42. The Hall–Kier alpha value is -2.22. The summed E-state index contributed by atoms with van der Waals surface area (Å²) in [6.07, 6.45) is 2.67. The Balaban J connectivity index is 1.63. The van der Waals surface area contributed by atoms with Gasteiger partial charge in [0, 0.05) is 31.3 Å². The van der Waals surface area contributed by atoms with Gasteiger partial charge in [-0.1, -0.05) is 0 Å². The highest BCUT2D eigenvalue weighted by Gasteiger charge is 2.28. The molecule has 122 valence electrons. The fourth-order valence-corrected chi connectivity index (χ4v) is 3.12. The first-order chi connectivity index (χ1) is 11.0. The third-order valence-electron chi connectivity index (χ3n) is 3.87. The molecule has 1 fully saturated rings. The topological polar surface area (TPSA) is 99.2 Å². The van der Waals surface area contributed by atoms with Gasteiger partial charge in [0.1, 0.15) is 11.5 Å². The lowest BCUT2D eigenvalue weighted by molar-refractivity contribution is 0.0791. The number of hydrogen-bond acceptors (Lipinski definition) is 6. The summed E-state index contributed by atoms with van der Waals surface area (Å²) in [5.41, 5.74) is 0.288. The van der Waals surface area contributed by atoms with Gasteiger partial charge in [-0.3, -0.25) is 9.59 Å². The zero-order valence-electron chi connectivity index (χ0n) is 13.0. The van der Waals surface area contributed by atoms with E-state index in [2.05, 4.69) is 15.0 Å². The van der Waals surface area contributed by atoms with Gasteiger partial charge in [0.25, 0.3) is 11.5 Å². The fourth-order valence-electron chi connectivity index (χ4n) is 2.16. The molecule has 8 heteroatoms. The van der Waals surface area contributed by atoms with Crippen molar-refractivity contribution < 1.29 is 9.90 Å². The van der Waals surface area contributed by atoms with Crippen LogP contribution in [0.25, 0.3) is 0 Å². The minimum atomic E-state index is -0.366. The maximum absolute atomic E-state index is 12.3. The van der Waals surface area contributed by atoms with Crippen LogP contribution in [0.15, 0.2) is 10.2 Å². The van der Waals surface area contributed by atoms with Gasteiger partial charge in [0.2, 0.25) is 5.88 Å². The predicted octanol–water partition coefficient (Wildman–Crippen LogP) is 1.43. The van der Waals surface area contributed by atoms with E-state index in [1.807, 2.05) is 0 Å². The largest absolute Gasteiger partial charge is 0.493 e. The number of nitrogens with one attached hydrogen (secondary N) is 1. The molecule has 0 unspecified atom stereocenters. The van der Waals surface area contributed by atoms with Crippen LogP contribution in [0, 0.1) is 6.92 Å². The van der Waals surface area contributed by atoms with Crippen LogP contribution in [0.4, 0.5) is 0 Å². The van der Waals surface area contributed by atoms with Gasteiger partial charge in [0.05, 0.1) is 10.6 Å². The molecule has 23 heavy (non-hydrogen) atoms. The number of carbonyl (C=O) groups is 1. The second kappa shape index (κ2) is 6.11. The Morgan fingerprint density at radius 2 is 2.22 bits per heavy atom. The Kier molecular flexibility index (Phi) is 4.16. The molecule has 0 saturated heterocycles. The van der Waals surface area contributed by atoms with Crippen molar-refractivity contribution in [1.29, 1.82) is 0 Å². The summed E-state index contributed by atoms with van der Waals surface area (Å²) < 4.78 is 0. The summed E-state index contributed by atoms with van der Waals surface area (Å²) >= 11 is 1.53. The second-order valence-electron chi connectivity index (χ2n) is 5.78. The molecule has 1 saturated carbocycles. The van der Waals surface area contributed by atoms with Gasteiger partial charge in [-0.2, -0.15) is 0 Å². The molecular formula is C15H18N4O3S. The molecule has 1 aliphatic rings. The van der Waals surface area contributed by atoms with E-state index in [1.54, 1.807) is 17.3 Å². The summed E-state index contributed by atoms with van der Waals surface area (Å²) in [5, 5.41) is 12.4. The molecule has 0 radical (unpaired) electrons. The van der Waals surface area contributed by atoms with Crippen molar-refractivity contribution in [1.82, 2.24) is 19.9 Å². The molecule has 0 spiro atoms. The molecule has 0 bridgehead atoms. The van der Waals surface area contributed by atoms with Crippen LogP contribution in [-0.2, 0) is 6.42 Å². The van der Waals surface area contributed by atoms with Gasteiger partial charge in [0.15, 0.2) is 0 Å². The zero-order valence-corrected chi connectivity index (χ0v) is 13.8. The highest BCUT2D eigenvalue weighted by Crippen LogP contribution is 2.41. The third-order valence-corrected chi connectivity index (χ3v) is 4.88. The summed E-state index contributed by atoms with van der Waals surface area (Å²) in [4.78, 5) is 36.4. The van der Waals surface area contributed by atoms with E-state index < -0.39 is 0 Å². The minimum Gasteiger partial charge on any atom is -0.493 e. The van der Waals surface area contributed by atoms with Crippen molar-refractivity contribution >= 4 is 17.2 Å². The number of aromatic nitrogens is 3. The van der Waals surface area contributed by atoms with E-state index in [0.29, 0.717) is 30.4 Å². The van der Waals surface area contributed by atoms with Crippen molar-refractivity contribution in [3.8, 4) is 5.88 Å². The lowest BCUT2D eigenvalue weighted by Crippen LogP contribution is -2.30. The maximum atomic E-state index is 12.3. The highest BCUT2D eigenvalue weighted by atomic mass is 32.1. The normalized spacial score (nSPS) is 14.0. The molecule has 0 atom stereocenters. The molecule has 2 N–H and O–H groups in total. The molecule has 1 amide bonds.